The van der Waals surface area contributed by atoms with Crippen LogP contribution in [0.5, 0.6) is 5.75 Å². The molecule has 1 aromatic carbocycles. The lowest BCUT2D eigenvalue weighted by molar-refractivity contribution is 0.305. The summed E-state index contributed by atoms with van der Waals surface area (Å²) < 4.78 is 18.2. The molecule has 2 N–H and O–H groups in total. The van der Waals surface area contributed by atoms with Gasteiger partial charge in [0.1, 0.15) is 11.6 Å². The largest absolute Gasteiger partial charge is 0.494 e. The molecular formula is C11H15ClFNO. The number of ether oxygens (including phenoxy) is 1. The molecule has 0 radical (unpaired) electrons. The second kappa shape index (κ2) is 6.64. The maximum Gasteiger partial charge on any atom is 0.142 e. The molecule has 0 amide bonds. The first kappa shape index (κ1) is 12.3. The monoisotopic (exact) mass is 231 g/mol. The van der Waals surface area contributed by atoms with Gasteiger partial charge in [0.25, 0.3) is 0 Å². The molecule has 0 aliphatic heterocycles. The maximum absolute atomic E-state index is 12.8. The number of hydrogen-bond acceptors (Lipinski definition) is 2. The van der Waals surface area contributed by atoms with Gasteiger partial charge in [0.2, 0.25) is 0 Å². The topological polar surface area (TPSA) is 35.2 Å². The Morgan fingerprint density at radius 1 is 1.27 bits per heavy atom. The van der Waals surface area contributed by atoms with E-state index in [0.717, 1.165) is 19.3 Å². The van der Waals surface area contributed by atoms with E-state index in [0.29, 0.717) is 18.9 Å². The molecular weight excluding hydrogens is 217 g/mol. The van der Waals surface area contributed by atoms with Crippen LogP contribution in [0.2, 0.25) is 5.02 Å². The SMILES string of the molecule is NCCCCCOc1ccc(F)c(Cl)c1. The summed E-state index contributed by atoms with van der Waals surface area (Å²) in [6.07, 6.45) is 3.01. The molecule has 0 aromatic heterocycles. The van der Waals surface area contributed by atoms with Gasteiger partial charge in [-0.1, -0.05) is 11.6 Å². The van der Waals surface area contributed by atoms with Crippen LogP contribution in [0.4, 0.5) is 4.39 Å². The van der Waals surface area contributed by atoms with E-state index in [2.05, 4.69) is 0 Å². The van der Waals surface area contributed by atoms with Gasteiger partial charge in [-0.25, -0.2) is 4.39 Å². The zero-order valence-electron chi connectivity index (χ0n) is 8.51. The highest BCUT2D eigenvalue weighted by Gasteiger charge is 2.01. The van der Waals surface area contributed by atoms with Crippen molar-refractivity contribution in [1.82, 2.24) is 0 Å². The van der Waals surface area contributed by atoms with Gasteiger partial charge in [-0.05, 0) is 37.9 Å². The molecule has 0 bridgehead atoms. The van der Waals surface area contributed by atoms with Crippen LogP contribution in [0, 0.1) is 5.82 Å². The van der Waals surface area contributed by atoms with Crippen molar-refractivity contribution in [2.45, 2.75) is 19.3 Å². The molecule has 1 rings (SSSR count). The summed E-state index contributed by atoms with van der Waals surface area (Å²) in [7, 11) is 0. The molecule has 0 aliphatic rings. The van der Waals surface area contributed by atoms with E-state index in [1.807, 2.05) is 0 Å². The third-order valence-corrected chi connectivity index (χ3v) is 2.30. The lowest BCUT2D eigenvalue weighted by Gasteiger charge is -2.06. The molecule has 0 aliphatic carbocycles. The molecule has 0 atom stereocenters. The summed E-state index contributed by atoms with van der Waals surface area (Å²) in [5, 5.41) is 0.0921. The van der Waals surface area contributed by atoms with Crippen molar-refractivity contribution in [1.29, 1.82) is 0 Å². The summed E-state index contributed by atoms with van der Waals surface area (Å²) >= 11 is 5.60. The van der Waals surface area contributed by atoms with Crippen LogP contribution in [0.1, 0.15) is 19.3 Å². The van der Waals surface area contributed by atoms with E-state index in [1.54, 1.807) is 6.07 Å². The van der Waals surface area contributed by atoms with E-state index >= 15 is 0 Å². The van der Waals surface area contributed by atoms with Crippen LogP contribution >= 0.6 is 11.6 Å². The standard InChI is InChI=1S/C11H15ClFNO/c12-10-8-9(4-5-11(10)13)15-7-3-1-2-6-14/h4-5,8H,1-3,6-7,14H2. The van der Waals surface area contributed by atoms with Crippen molar-refractivity contribution in [2.24, 2.45) is 5.73 Å². The van der Waals surface area contributed by atoms with Gasteiger partial charge in [0.05, 0.1) is 11.6 Å². The van der Waals surface area contributed by atoms with Crippen molar-refractivity contribution >= 4 is 11.6 Å². The Kier molecular flexibility index (Phi) is 5.43. The maximum atomic E-state index is 12.8. The summed E-state index contributed by atoms with van der Waals surface area (Å²) in [4.78, 5) is 0. The molecule has 0 fully saturated rings. The van der Waals surface area contributed by atoms with Crippen molar-refractivity contribution in [2.75, 3.05) is 13.2 Å². The lowest BCUT2D eigenvalue weighted by Crippen LogP contribution is -2.01. The van der Waals surface area contributed by atoms with Crippen LogP contribution in [0.25, 0.3) is 0 Å². The van der Waals surface area contributed by atoms with Crippen molar-refractivity contribution in [3.63, 3.8) is 0 Å². The van der Waals surface area contributed by atoms with Crippen LogP contribution in [-0.2, 0) is 0 Å². The fourth-order valence-electron chi connectivity index (χ4n) is 1.18. The van der Waals surface area contributed by atoms with Crippen molar-refractivity contribution in [3.8, 4) is 5.75 Å². The minimum absolute atomic E-state index is 0.0921. The van der Waals surface area contributed by atoms with E-state index in [-0.39, 0.29) is 5.02 Å². The first-order valence-corrected chi connectivity index (χ1v) is 5.40. The second-order valence-corrected chi connectivity index (χ2v) is 3.68. The molecule has 0 spiro atoms. The predicted octanol–water partition coefficient (Wildman–Crippen LogP) is 2.99. The Balaban J connectivity index is 2.28. The average Bonchev–Trinajstić information content (AvgIpc) is 2.23. The Morgan fingerprint density at radius 3 is 2.73 bits per heavy atom. The van der Waals surface area contributed by atoms with E-state index in [1.165, 1.54) is 12.1 Å². The third-order valence-electron chi connectivity index (χ3n) is 2.01. The number of benzene rings is 1. The van der Waals surface area contributed by atoms with Gasteiger partial charge in [-0.2, -0.15) is 0 Å². The Morgan fingerprint density at radius 2 is 2.07 bits per heavy atom. The zero-order chi connectivity index (χ0) is 11.1. The van der Waals surface area contributed by atoms with Gasteiger partial charge in [-0.3, -0.25) is 0 Å². The fourth-order valence-corrected chi connectivity index (χ4v) is 1.35. The highest BCUT2D eigenvalue weighted by molar-refractivity contribution is 6.30. The number of hydrogen-bond donors (Lipinski definition) is 1. The molecule has 0 unspecified atom stereocenters. The highest BCUT2D eigenvalue weighted by atomic mass is 35.5. The average molecular weight is 232 g/mol. The smallest absolute Gasteiger partial charge is 0.142 e. The molecule has 15 heavy (non-hydrogen) atoms. The van der Waals surface area contributed by atoms with Crippen LogP contribution in [0.15, 0.2) is 18.2 Å². The van der Waals surface area contributed by atoms with E-state index in [4.69, 9.17) is 22.1 Å². The Hall–Kier alpha value is -0.800. The Labute approximate surface area is 94.2 Å². The molecule has 0 heterocycles. The highest BCUT2D eigenvalue weighted by Crippen LogP contribution is 2.21. The summed E-state index contributed by atoms with van der Waals surface area (Å²) in [5.41, 5.74) is 5.36. The minimum atomic E-state index is -0.424. The van der Waals surface area contributed by atoms with Gasteiger partial charge < -0.3 is 10.5 Å². The first-order chi connectivity index (χ1) is 7.24. The van der Waals surface area contributed by atoms with E-state index in [9.17, 15) is 4.39 Å². The number of nitrogens with two attached hydrogens (primary N) is 1. The molecule has 1 aromatic rings. The van der Waals surface area contributed by atoms with Gasteiger partial charge >= 0.3 is 0 Å². The van der Waals surface area contributed by atoms with Crippen molar-refractivity contribution in [3.05, 3.63) is 29.0 Å². The zero-order valence-corrected chi connectivity index (χ0v) is 9.27. The van der Waals surface area contributed by atoms with E-state index < -0.39 is 5.82 Å². The number of unbranched alkanes of at least 4 members (excludes halogenated alkanes) is 2. The van der Waals surface area contributed by atoms with Crippen LogP contribution < -0.4 is 10.5 Å². The molecule has 4 heteroatoms. The lowest BCUT2D eigenvalue weighted by atomic mass is 10.2. The van der Waals surface area contributed by atoms with Gasteiger partial charge in [0.15, 0.2) is 0 Å². The number of halogens is 2. The quantitative estimate of drug-likeness (QED) is 0.764. The summed E-state index contributed by atoms with van der Waals surface area (Å²) in [5.74, 6) is 0.182. The molecule has 0 saturated carbocycles. The van der Waals surface area contributed by atoms with Crippen LogP contribution in [0.3, 0.4) is 0 Å². The Bertz CT molecular complexity index is 307. The predicted molar refractivity (Wildman–Crippen MR) is 59.8 cm³/mol. The minimum Gasteiger partial charge on any atom is -0.494 e. The van der Waals surface area contributed by atoms with Gasteiger partial charge in [0, 0.05) is 6.07 Å². The summed E-state index contributed by atoms with van der Waals surface area (Å²) in [6.45, 7) is 1.32. The second-order valence-electron chi connectivity index (χ2n) is 3.27. The fraction of sp³-hybridized carbons (Fsp3) is 0.455. The molecule has 2 nitrogen and oxygen atoms in total. The normalized spacial score (nSPS) is 10.3. The summed E-state index contributed by atoms with van der Waals surface area (Å²) in [6, 6.07) is 4.36. The van der Waals surface area contributed by atoms with Crippen molar-refractivity contribution < 1.29 is 9.13 Å². The first-order valence-electron chi connectivity index (χ1n) is 5.02. The van der Waals surface area contributed by atoms with Crippen LogP contribution in [-0.4, -0.2) is 13.2 Å². The number of rotatable bonds is 6. The third kappa shape index (κ3) is 4.49. The molecule has 84 valence electrons. The molecule has 0 saturated heterocycles. The van der Waals surface area contributed by atoms with Gasteiger partial charge in [-0.15, -0.1) is 0 Å².